The molecule has 0 bridgehead atoms. The van der Waals surface area contributed by atoms with Crippen LogP contribution in [0.15, 0.2) is 35.7 Å². The van der Waals surface area contributed by atoms with Crippen LogP contribution in [0.2, 0.25) is 0 Å². The number of aromatic nitrogens is 3. The van der Waals surface area contributed by atoms with Crippen molar-refractivity contribution in [1.29, 1.82) is 0 Å². The number of amides is 1. The zero-order valence-electron chi connectivity index (χ0n) is 12.1. The Kier molecular flexibility index (Phi) is 5.62. The highest BCUT2D eigenvalue weighted by atomic mass is 32.2. The van der Waals surface area contributed by atoms with Crippen molar-refractivity contribution in [2.45, 2.75) is 18.5 Å². The summed E-state index contributed by atoms with van der Waals surface area (Å²) >= 11 is 1.36. The Balaban J connectivity index is 2.02. The topological polar surface area (TPSA) is 69.0 Å². The molecule has 0 atom stereocenters. The van der Waals surface area contributed by atoms with Crippen LogP contribution in [0, 0.1) is 0 Å². The van der Waals surface area contributed by atoms with Crippen molar-refractivity contribution in [2.24, 2.45) is 0 Å². The van der Waals surface area contributed by atoms with Crippen molar-refractivity contribution in [3.05, 3.63) is 30.6 Å². The van der Waals surface area contributed by atoms with E-state index in [-0.39, 0.29) is 5.91 Å². The van der Waals surface area contributed by atoms with Crippen molar-refractivity contribution in [1.82, 2.24) is 20.1 Å². The molecule has 0 aliphatic rings. The van der Waals surface area contributed by atoms with Crippen LogP contribution in [0.5, 0.6) is 5.75 Å². The minimum absolute atomic E-state index is 0.00568. The number of carbonyl (C=O) groups is 1. The van der Waals surface area contributed by atoms with Gasteiger partial charge in [0.1, 0.15) is 12.1 Å². The van der Waals surface area contributed by atoms with E-state index in [4.69, 9.17) is 4.74 Å². The highest BCUT2D eigenvalue weighted by Gasteiger charge is 2.09. The first kappa shape index (κ1) is 15.4. The molecule has 0 fully saturated rings. The monoisotopic (exact) mass is 306 g/mol. The largest absolute Gasteiger partial charge is 0.497 e. The summed E-state index contributed by atoms with van der Waals surface area (Å²) in [6.07, 6.45) is 2.56. The molecule has 0 aliphatic carbocycles. The van der Waals surface area contributed by atoms with Crippen molar-refractivity contribution < 1.29 is 9.53 Å². The molecule has 1 amide bonds. The number of rotatable bonds is 7. The van der Waals surface area contributed by atoms with Gasteiger partial charge in [-0.2, -0.15) is 0 Å². The number of hydrogen-bond acceptors (Lipinski definition) is 5. The lowest BCUT2D eigenvalue weighted by molar-refractivity contribution is -0.118. The number of nitrogens with zero attached hydrogens (tertiary/aromatic N) is 3. The summed E-state index contributed by atoms with van der Waals surface area (Å²) in [7, 11) is 1.63. The van der Waals surface area contributed by atoms with Crippen LogP contribution in [0.25, 0.3) is 5.69 Å². The third-order valence-corrected chi connectivity index (χ3v) is 3.71. The van der Waals surface area contributed by atoms with E-state index in [1.54, 1.807) is 13.4 Å². The predicted octanol–water partition coefficient (Wildman–Crippen LogP) is 1.89. The molecule has 2 aromatic rings. The van der Waals surface area contributed by atoms with E-state index in [0.29, 0.717) is 17.5 Å². The van der Waals surface area contributed by atoms with Gasteiger partial charge in [-0.1, -0.05) is 18.7 Å². The second-order valence-corrected chi connectivity index (χ2v) is 5.26. The fraction of sp³-hybridized carbons (Fsp3) is 0.357. The maximum Gasteiger partial charge on any atom is 0.230 e. The molecule has 0 radical (unpaired) electrons. The van der Waals surface area contributed by atoms with Gasteiger partial charge < -0.3 is 10.1 Å². The second kappa shape index (κ2) is 7.68. The molecule has 1 N–H and O–H groups in total. The number of benzene rings is 1. The first-order valence-corrected chi connectivity index (χ1v) is 7.67. The van der Waals surface area contributed by atoms with Gasteiger partial charge >= 0.3 is 0 Å². The average Bonchev–Trinajstić information content (AvgIpc) is 2.99. The molecule has 2 rings (SSSR count). The Bertz CT molecular complexity index is 583. The summed E-state index contributed by atoms with van der Waals surface area (Å²) in [5, 5.41) is 11.5. The van der Waals surface area contributed by atoms with Gasteiger partial charge in [0, 0.05) is 12.2 Å². The van der Waals surface area contributed by atoms with E-state index in [1.165, 1.54) is 11.8 Å². The molecule has 6 nitrogen and oxygen atoms in total. The summed E-state index contributed by atoms with van der Waals surface area (Å²) in [5.41, 5.74) is 0.928. The predicted molar refractivity (Wildman–Crippen MR) is 81.9 cm³/mol. The highest BCUT2D eigenvalue weighted by molar-refractivity contribution is 7.99. The van der Waals surface area contributed by atoms with Crippen LogP contribution in [0.1, 0.15) is 13.3 Å². The molecule has 7 heteroatoms. The van der Waals surface area contributed by atoms with E-state index in [2.05, 4.69) is 15.5 Å². The molecular formula is C14H18N4O2S. The summed E-state index contributed by atoms with van der Waals surface area (Å²) in [4.78, 5) is 11.6. The van der Waals surface area contributed by atoms with Crippen molar-refractivity contribution in [3.63, 3.8) is 0 Å². The lowest BCUT2D eigenvalue weighted by atomic mass is 10.3. The first-order chi connectivity index (χ1) is 10.2. The maximum atomic E-state index is 11.6. The van der Waals surface area contributed by atoms with Crippen molar-refractivity contribution >= 4 is 17.7 Å². The Morgan fingerprint density at radius 2 is 2.14 bits per heavy atom. The van der Waals surface area contributed by atoms with Crippen molar-refractivity contribution in [2.75, 3.05) is 19.4 Å². The van der Waals surface area contributed by atoms with Crippen LogP contribution < -0.4 is 10.1 Å². The van der Waals surface area contributed by atoms with Crippen LogP contribution in [0.4, 0.5) is 0 Å². The van der Waals surface area contributed by atoms with Crippen LogP contribution in [-0.2, 0) is 4.79 Å². The zero-order valence-corrected chi connectivity index (χ0v) is 12.9. The molecule has 21 heavy (non-hydrogen) atoms. The minimum Gasteiger partial charge on any atom is -0.497 e. The lowest BCUT2D eigenvalue weighted by Crippen LogP contribution is -2.25. The molecule has 0 unspecified atom stereocenters. The van der Waals surface area contributed by atoms with Crippen molar-refractivity contribution in [3.8, 4) is 11.4 Å². The van der Waals surface area contributed by atoms with Gasteiger partial charge in [0.2, 0.25) is 5.91 Å². The van der Waals surface area contributed by atoms with E-state index >= 15 is 0 Å². The fourth-order valence-electron chi connectivity index (χ4n) is 1.69. The van der Waals surface area contributed by atoms with Gasteiger partial charge in [0.25, 0.3) is 0 Å². The van der Waals surface area contributed by atoms with E-state index in [0.717, 1.165) is 17.9 Å². The van der Waals surface area contributed by atoms with Crippen LogP contribution >= 0.6 is 11.8 Å². The normalized spacial score (nSPS) is 10.4. The fourth-order valence-corrected chi connectivity index (χ4v) is 2.45. The molecule has 112 valence electrons. The number of ether oxygens (including phenoxy) is 1. The summed E-state index contributed by atoms with van der Waals surface area (Å²) in [5.74, 6) is 1.13. The number of hydrogen-bond donors (Lipinski definition) is 1. The SMILES string of the molecule is CCCNC(=O)CSc1nncn1-c1ccc(OC)cc1. The standard InChI is InChI=1S/C14H18N4O2S/c1-3-8-15-13(19)9-21-14-17-16-10-18(14)11-4-6-12(20-2)7-5-11/h4-7,10H,3,8-9H2,1-2H3,(H,15,19). The van der Waals surface area contributed by atoms with Crippen LogP contribution in [-0.4, -0.2) is 40.1 Å². The molecule has 1 aromatic carbocycles. The first-order valence-electron chi connectivity index (χ1n) is 6.68. The quantitative estimate of drug-likeness (QED) is 0.791. The Morgan fingerprint density at radius 3 is 2.81 bits per heavy atom. The van der Waals surface area contributed by atoms with E-state index < -0.39 is 0 Å². The van der Waals surface area contributed by atoms with Gasteiger partial charge in [-0.05, 0) is 30.7 Å². The molecule has 0 saturated heterocycles. The van der Waals surface area contributed by atoms with Gasteiger partial charge in [-0.3, -0.25) is 9.36 Å². The maximum absolute atomic E-state index is 11.6. The van der Waals surface area contributed by atoms with E-state index in [1.807, 2.05) is 35.8 Å². The molecule has 0 spiro atoms. The molecular weight excluding hydrogens is 288 g/mol. The molecule has 0 saturated carbocycles. The summed E-state index contributed by atoms with van der Waals surface area (Å²) in [6.45, 7) is 2.72. The summed E-state index contributed by atoms with van der Waals surface area (Å²) < 4.78 is 6.98. The molecule has 1 aromatic heterocycles. The highest BCUT2D eigenvalue weighted by Crippen LogP contribution is 2.21. The number of methoxy groups -OCH3 is 1. The lowest BCUT2D eigenvalue weighted by Gasteiger charge is -2.07. The number of thioether (sulfide) groups is 1. The van der Waals surface area contributed by atoms with Crippen LogP contribution in [0.3, 0.4) is 0 Å². The van der Waals surface area contributed by atoms with Gasteiger partial charge in [-0.25, -0.2) is 0 Å². The van der Waals surface area contributed by atoms with Gasteiger partial charge in [-0.15, -0.1) is 10.2 Å². The third kappa shape index (κ3) is 4.22. The zero-order chi connectivity index (χ0) is 15.1. The number of nitrogens with one attached hydrogen (secondary N) is 1. The smallest absolute Gasteiger partial charge is 0.230 e. The second-order valence-electron chi connectivity index (χ2n) is 4.32. The minimum atomic E-state index is 0.00568. The average molecular weight is 306 g/mol. The Hall–Kier alpha value is -2.02. The summed E-state index contributed by atoms with van der Waals surface area (Å²) in [6, 6.07) is 7.59. The molecule has 1 heterocycles. The molecule has 0 aliphatic heterocycles. The Labute approximate surface area is 127 Å². The van der Waals surface area contributed by atoms with E-state index in [9.17, 15) is 4.79 Å². The third-order valence-electron chi connectivity index (χ3n) is 2.77. The Morgan fingerprint density at radius 1 is 1.38 bits per heavy atom. The number of carbonyl (C=O) groups excluding carboxylic acids is 1. The van der Waals surface area contributed by atoms with Gasteiger partial charge in [0.15, 0.2) is 5.16 Å². The van der Waals surface area contributed by atoms with Gasteiger partial charge in [0.05, 0.1) is 12.9 Å².